The monoisotopic (exact) mass is 256 g/mol. The van der Waals surface area contributed by atoms with E-state index in [0.717, 1.165) is 19.3 Å². The van der Waals surface area contributed by atoms with Crippen LogP contribution < -0.4 is 10.6 Å². The molecule has 3 rings (SSSR count). The van der Waals surface area contributed by atoms with Gasteiger partial charge in [0, 0.05) is 11.7 Å². The third kappa shape index (κ3) is 1.68. The van der Waals surface area contributed by atoms with Gasteiger partial charge in [-0.3, -0.25) is 0 Å². The largest absolute Gasteiger partial charge is 0.416 e. The lowest BCUT2D eigenvalue weighted by Crippen LogP contribution is -2.49. The van der Waals surface area contributed by atoms with Crippen LogP contribution in [0.1, 0.15) is 30.4 Å². The van der Waals surface area contributed by atoms with Crippen LogP contribution in [0.3, 0.4) is 0 Å². The minimum Gasteiger partial charge on any atom is -0.353 e. The molecular weight excluding hydrogens is 241 g/mol. The van der Waals surface area contributed by atoms with Gasteiger partial charge < -0.3 is 10.6 Å². The van der Waals surface area contributed by atoms with Crippen LogP contribution in [0, 0.1) is 0 Å². The lowest BCUT2D eigenvalue weighted by Gasteiger charge is -2.37. The first-order valence-electron chi connectivity index (χ1n) is 6.21. The SMILES string of the molecule is NC1CCCC2Cc3c(cccc3C(F)(F)F)N12. The Hall–Kier alpha value is -1.23. The number of fused-ring (bicyclic) bond motifs is 3. The van der Waals surface area contributed by atoms with Crippen molar-refractivity contribution in [2.24, 2.45) is 5.73 Å². The highest BCUT2D eigenvalue weighted by molar-refractivity contribution is 5.63. The molecule has 0 aromatic heterocycles. The molecule has 2 unspecified atom stereocenters. The fourth-order valence-electron chi connectivity index (χ4n) is 3.22. The second kappa shape index (κ2) is 3.88. The van der Waals surface area contributed by atoms with Gasteiger partial charge in [0.15, 0.2) is 0 Å². The third-order valence-electron chi connectivity index (χ3n) is 3.96. The molecule has 2 atom stereocenters. The number of rotatable bonds is 0. The molecule has 0 amide bonds. The Balaban J connectivity index is 2.08. The van der Waals surface area contributed by atoms with Crippen LogP contribution in [0.4, 0.5) is 18.9 Å². The van der Waals surface area contributed by atoms with Crippen LogP contribution in [0.15, 0.2) is 18.2 Å². The Morgan fingerprint density at radius 3 is 2.72 bits per heavy atom. The van der Waals surface area contributed by atoms with Crippen LogP contribution >= 0.6 is 0 Å². The van der Waals surface area contributed by atoms with Gasteiger partial charge in [-0.25, -0.2) is 0 Å². The van der Waals surface area contributed by atoms with Crippen molar-refractivity contribution < 1.29 is 13.2 Å². The molecule has 0 saturated carbocycles. The summed E-state index contributed by atoms with van der Waals surface area (Å²) in [6.07, 6.45) is -1.17. The number of nitrogens with zero attached hydrogens (tertiary/aromatic N) is 1. The van der Waals surface area contributed by atoms with Crippen LogP contribution in [-0.4, -0.2) is 12.2 Å². The van der Waals surface area contributed by atoms with Crippen molar-refractivity contribution in [1.29, 1.82) is 0 Å². The molecule has 2 aliphatic rings. The molecular formula is C13H15F3N2. The molecule has 2 aliphatic heterocycles. The molecule has 2 nitrogen and oxygen atoms in total. The van der Waals surface area contributed by atoms with E-state index in [2.05, 4.69) is 0 Å². The van der Waals surface area contributed by atoms with Gasteiger partial charge in [0.25, 0.3) is 0 Å². The maximum Gasteiger partial charge on any atom is 0.416 e. The highest BCUT2D eigenvalue weighted by Crippen LogP contribution is 2.44. The molecule has 0 spiro atoms. The molecule has 0 radical (unpaired) electrons. The molecule has 1 aromatic carbocycles. The summed E-state index contributed by atoms with van der Waals surface area (Å²) in [4.78, 5) is 1.98. The van der Waals surface area contributed by atoms with Crippen molar-refractivity contribution in [2.75, 3.05) is 4.90 Å². The molecule has 18 heavy (non-hydrogen) atoms. The summed E-state index contributed by atoms with van der Waals surface area (Å²) in [5.41, 5.74) is 6.65. The number of nitrogens with two attached hydrogens (primary N) is 1. The van der Waals surface area contributed by atoms with Gasteiger partial charge >= 0.3 is 6.18 Å². The Labute approximate surface area is 104 Å². The maximum atomic E-state index is 13.0. The van der Waals surface area contributed by atoms with E-state index in [4.69, 9.17) is 5.73 Å². The molecule has 0 bridgehead atoms. The molecule has 98 valence electrons. The molecule has 0 aliphatic carbocycles. The van der Waals surface area contributed by atoms with Crippen LogP contribution in [0.2, 0.25) is 0 Å². The number of hydrogen-bond donors (Lipinski definition) is 1. The standard InChI is InChI=1S/C13H15F3N2/c14-13(15,16)10-4-2-5-11-9(10)7-8-3-1-6-12(17)18(8)11/h2,4-5,8,12H,1,3,6-7,17H2. The Morgan fingerprint density at radius 1 is 1.22 bits per heavy atom. The summed E-state index contributed by atoms with van der Waals surface area (Å²) in [6.45, 7) is 0. The van der Waals surface area contributed by atoms with Crippen molar-refractivity contribution in [2.45, 2.75) is 44.1 Å². The topological polar surface area (TPSA) is 29.3 Å². The smallest absolute Gasteiger partial charge is 0.353 e. The van der Waals surface area contributed by atoms with Crippen molar-refractivity contribution in [1.82, 2.24) is 0 Å². The van der Waals surface area contributed by atoms with Crippen LogP contribution in [-0.2, 0) is 12.6 Å². The lowest BCUT2D eigenvalue weighted by molar-refractivity contribution is -0.138. The predicted molar refractivity (Wildman–Crippen MR) is 63.2 cm³/mol. The fourth-order valence-corrected chi connectivity index (χ4v) is 3.22. The van der Waals surface area contributed by atoms with E-state index in [-0.39, 0.29) is 12.2 Å². The minimum absolute atomic E-state index is 0.145. The second-order valence-corrected chi connectivity index (χ2v) is 5.06. The van der Waals surface area contributed by atoms with Crippen LogP contribution in [0.5, 0.6) is 0 Å². The number of halogens is 3. The van der Waals surface area contributed by atoms with Gasteiger partial charge in [-0.15, -0.1) is 0 Å². The zero-order valence-electron chi connectivity index (χ0n) is 9.87. The summed E-state index contributed by atoms with van der Waals surface area (Å²) in [6, 6.07) is 4.55. The first kappa shape index (κ1) is 11.8. The van der Waals surface area contributed by atoms with Crippen molar-refractivity contribution in [3.05, 3.63) is 29.3 Å². The van der Waals surface area contributed by atoms with Crippen LogP contribution in [0.25, 0.3) is 0 Å². The zero-order chi connectivity index (χ0) is 12.9. The molecule has 2 heterocycles. The first-order chi connectivity index (χ1) is 8.48. The van der Waals surface area contributed by atoms with E-state index in [1.54, 1.807) is 6.07 Å². The van der Waals surface area contributed by atoms with Gasteiger partial charge in [0.2, 0.25) is 0 Å². The highest BCUT2D eigenvalue weighted by Gasteiger charge is 2.41. The average Bonchev–Trinajstić information content (AvgIpc) is 2.66. The zero-order valence-corrected chi connectivity index (χ0v) is 9.87. The summed E-state index contributed by atoms with van der Waals surface area (Å²) < 4.78 is 38.9. The number of benzene rings is 1. The second-order valence-electron chi connectivity index (χ2n) is 5.06. The average molecular weight is 256 g/mol. The Morgan fingerprint density at radius 2 is 2.00 bits per heavy atom. The first-order valence-corrected chi connectivity index (χ1v) is 6.21. The molecule has 1 fully saturated rings. The van der Waals surface area contributed by atoms with Crippen molar-refractivity contribution in [3.8, 4) is 0 Å². The fraction of sp³-hybridized carbons (Fsp3) is 0.538. The number of anilines is 1. The van der Waals surface area contributed by atoms with E-state index < -0.39 is 11.7 Å². The summed E-state index contributed by atoms with van der Waals surface area (Å²) in [5, 5.41) is 0. The van der Waals surface area contributed by atoms with Crippen molar-refractivity contribution >= 4 is 5.69 Å². The molecule has 1 saturated heterocycles. The lowest BCUT2D eigenvalue weighted by atomic mass is 9.98. The number of hydrogen-bond acceptors (Lipinski definition) is 2. The van der Waals surface area contributed by atoms with E-state index >= 15 is 0 Å². The van der Waals surface area contributed by atoms with E-state index in [1.807, 2.05) is 4.90 Å². The highest BCUT2D eigenvalue weighted by atomic mass is 19.4. The Kier molecular flexibility index (Phi) is 2.55. The van der Waals surface area contributed by atoms with E-state index in [9.17, 15) is 13.2 Å². The van der Waals surface area contributed by atoms with Gasteiger partial charge in [0.1, 0.15) is 0 Å². The van der Waals surface area contributed by atoms with Gasteiger partial charge in [-0.05, 0) is 43.4 Å². The summed E-state index contributed by atoms with van der Waals surface area (Å²) >= 11 is 0. The number of piperidine rings is 1. The molecule has 5 heteroatoms. The molecule has 2 N–H and O–H groups in total. The minimum atomic E-state index is -4.27. The maximum absolute atomic E-state index is 13.0. The molecule has 1 aromatic rings. The quantitative estimate of drug-likeness (QED) is 0.773. The normalized spacial score (nSPS) is 27.0. The number of alkyl halides is 3. The summed E-state index contributed by atoms with van der Waals surface area (Å²) in [7, 11) is 0. The van der Waals surface area contributed by atoms with E-state index in [1.165, 1.54) is 12.1 Å². The van der Waals surface area contributed by atoms with Crippen molar-refractivity contribution in [3.63, 3.8) is 0 Å². The summed E-state index contributed by atoms with van der Waals surface area (Å²) in [5.74, 6) is 0. The third-order valence-corrected chi connectivity index (χ3v) is 3.96. The van der Waals surface area contributed by atoms with Gasteiger partial charge in [0.05, 0.1) is 11.7 Å². The van der Waals surface area contributed by atoms with E-state index in [0.29, 0.717) is 17.7 Å². The predicted octanol–water partition coefficient (Wildman–Crippen LogP) is 2.91. The van der Waals surface area contributed by atoms with Gasteiger partial charge in [-0.2, -0.15) is 13.2 Å². The van der Waals surface area contributed by atoms with Gasteiger partial charge in [-0.1, -0.05) is 6.07 Å². The Bertz CT molecular complexity index is 470.